The molecule has 1 aromatic carbocycles. The van der Waals surface area contributed by atoms with Gasteiger partial charge in [-0.1, -0.05) is 11.6 Å². The van der Waals surface area contributed by atoms with Crippen LogP contribution in [0.1, 0.15) is 20.8 Å². The van der Waals surface area contributed by atoms with Crippen molar-refractivity contribution in [3.8, 4) is 0 Å². The molecule has 1 saturated heterocycles. The quantitative estimate of drug-likeness (QED) is 0.914. The fourth-order valence-electron chi connectivity index (χ4n) is 2.61. The van der Waals surface area contributed by atoms with Crippen LogP contribution in [0.25, 0.3) is 0 Å². The summed E-state index contributed by atoms with van der Waals surface area (Å²) in [7, 11) is 2.04. The number of carbonyl (C=O) groups excluding carboxylic acids is 2. The van der Waals surface area contributed by atoms with Gasteiger partial charge in [-0.25, -0.2) is 0 Å². The second kappa shape index (κ2) is 7.63. The minimum Gasteiger partial charge on any atom is -0.336 e. The van der Waals surface area contributed by atoms with Gasteiger partial charge in [0.25, 0.3) is 11.8 Å². The molecule has 1 aliphatic rings. The summed E-state index contributed by atoms with van der Waals surface area (Å²) < 4.78 is 0. The molecule has 2 amide bonds. The highest BCUT2D eigenvalue weighted by Gasteiger charge is 2.21. The second-order valence-corrected chi connectivity index (χ2v) is 6.42. The Labute approximate surface area is 151 Å². The Kier molecular flexibility index (Phi) is 5.31. The molecule has 6 nitrogen and oxygen atoms in total. The van der Waals surface area contributed by atoms with Gasteiger partial charge in [0.15, 0.2) is 0 Å². The molecule has 0 spiro atoms. The Morgan fingerprint density at radius 2 is 1.76 bits per heavy atom. The van der Waals surface area contributed by atoms with Gasteiger partial charge in [-0.15, -0.1) is 0 Å². The van der Waals surface area contributed by atoms with E-state index in [0.717, 1.165) is 13.1 Å². The van der Waals surface area contributed by atoms with Crippen LogP contribution >= 0.6 is 11.6 Å². The third-order valence-electron chi connectivity index (χ3n) is 4.13. The van der Waals surface area contributed by atoms with Crippen LogP contribution in [0.4, 0.5) is 5.69 Å². The molecule has 1 aromatic heterocycles. The molecule has 0 unspecified atom stereocenters. The van der Waals surface area contributed by atoms with Crippen LogP contribution in [-0.2, 0) is 0 Å². The zero-order chi connectivity index (χ0) is 17.8. The SMILES string of the molecule is CN1CCN(C(=O)c2ccnc(C(=O)Nc3ccc(Cl)cc3)c2)CC1. The van der Waals surface area contributed by atoms with E-state index in [2.05, 4.69) is 15.2 Å². The summed E-state index contributed by atoms with van der Waals surface area (Å²) in [5.74, 6) is -0.439. The number of piperazine rings is 1. The third-order valence-corrected chi connectivity index (χ3v) is 4.38. The first-order chi connectivity index (χ1) is 12.0. The third kappa shape index (κ3) is 4.35. The number of amides is 2. The van der Waals surface area contributed by atoms with Crippen molar-refractivity contribution >= 4 is 29.1 Å². The molecular formula is C18H19ClN4O2. The largest absolute Gasteiger partial charge is 0.336 e. The lowest BCUT2D eigenvalue weighted by atomic mass is 10.1. The van der Waals surface area contributed by atoms with E-state index in [0.29, 0.717) is 29.4 Å². The lowest BCUT2D eigenvalue weighted by molar-refractivity contribution is 0.0664. The van der Waals surface area contributed by atoms with Gasteiger partial charge in [-0.2, -0.15) is 0 Å². The Balaban J connectivity index is 1.71. The van der Waals surface area contributed by atoms with Gasteiger partial charge in [-0.3, -0.25) is 14.6 Å². The summed E-state index contributed by atoms with van der Waals surface area (Å²) in [5.41, 5.74) is 1.29. The number of aromatic nitrogens is 1. The summed E-state index contributed by atoms with van der Waals surface area (Å²) in [5, 5.41) is 3.34. The predicted octanol–water partition coefficient (Wildman–Crippen LogP) is 2.37. The topological polar surface area (TPSA) is 65.5 Å². The summed E-state index contributed by atoms with van der Waals surface area (Å²) in [6.45, 7) is 3.06. The highest BCUT2D eigenvalue weighted by atomic mass is 35.5. The second-order valence-electron chi connectivity index (χ2n) is 5.99. The van der Waals surface area contributed by atoms with E-state index in [1.54, 1.807) is 35.2 Å². The molecular weight excluding hydrogens is 340 g/mol. The Hall–Kier alpha value is -2.44. The van der Waals surface area contributed by atoms with Crippen molar-refractivity contribution < 1.29 is 9.59 Å². The van der Waals surface area contributed by atoms with E-state index in [1.807, 2.05) is 7.05 Å². The number of halogens is 1. The van der Waals surface area contributed by atoms with Crippen molar-refractivity contribution in [2.45, 2.75) is 0 Å². The van der Waals surface area contributed by atoms with Crippen molar-refractivity contribution in [1.29, 1.82) is 0 Å². The maximum Gasteiger partial charge on any atom is 0.274 e. The fraction of sp³-hybridized carbons (Fsp3) is 0.278. The number of nitrogens with zero attached hydrogens (tertiary/aromatic N) is 3. The van der Waals surface area contributed by atoms with E-state index < -0.39 is 0 Å². The first kappa shape index (κ1) is 17.4. The molecule has 1 N–H and O–H groups in total. The molecule has 3 rings (SSSR count). The first-order valence-corrected chi connectivity index (χ1v) is 8.41. The molecule has 0 atom stereocenters. The van der Waals surface area contributed by atoms with Crippen LogP contribution in [0.5, 0.6) is 0 Å². The minimum atomic E-state index is -0.365. The molecule has 1 aliphatic heterocycles. The van der Waals surface area contributed by atoms with Gasteiger partial charge in [0.05, 0.1) is 0 Å². The van der Waals surface area contributed by atoms with E-state index in [9.17, 15) is 9.59 Å². The van der Waals surface area contributed by atoms with E-state index in [-0.39, 0.29) is 17.5 Å². The number of anilines is 1. The number of carbonyl (C=O) groups is 2. The maximum atomic E-state index is 12.6. The highest BCUT2D eigenvalue weighted by molar-refractivity contribution is 6.30. The summed E-state index contributed by atoms with van der Waals surface area (Å²) in [4.78, 5) is 33.0. The molecule has 2 heterocycles. The van der Waals surface area contributed by atoms with E-state index in [4.69, 9.17) is 11.6 Å². The van der Waals surface area contributed by atoms with Crippen molar-refractivity contribution in [3.63, 3.8) is 0 Å². The van der Waals surface area contributed by atoms with Crippen LogP contribution < -0.4 is 5.32 Å². The van der Waals surface area contributed by atoms with Crippen molar-refractivity contribution in [2.75, 3.05) is 38.5 Å². The molecule has 2 aromatic rings. The normalized spacial score (nSPS) is 15.0. The van der Waals surface area contributed by atoms with Gasteiger partial charge in [0, 0.05) is 48.6 Å². The molecule has 25 heavy (non-hydrogen) atoms. The van der Waals surface area contributed by atoms with E-state index >= 15 is 0 Å². The standard InChI is InChI=1S/C18H19ClN4O2/c1-22-8-10-23(11-9-22)18(25)13-6-7-20-16(12-13)17(24)21-15-4-2-14(19)3-5-15/h2-7,12H,8-11H2,1H3,(H,21,24). The minimum absolute atomic E-state index is 0.0731. The fourth-order valence-corrected chi connectivity index (χ4v) is 2.73. The smallest absolute Gasteiger partial charge is 0.274 e. The van der Waals surface area contributed by atoms with Crippen LogP contribution in [0.2, 0.25) is 5.02 Å². The summed E-state index contributed by atoms with van der Waals surface area (Å²) >= 11 is 5.83. The number of rotatable bonds is 3. The van der Waals surface area contributed by atoms with Crippen molar-refractivity contribution in [3.05, 3.63) is 58.9 Å². The lowest BCUT2D eigenvalue weighted by Crippen LogP contribution is -2.47. The highest BCUT2D eigenvalue weighted by Crippen LogP contribution is 2.15. The number of pyridine rings is 1. The van der Waals surface area contributed by atoms with Gasteiger partial charge in [-0.05, 0) is 43.4 Å². The summed E-state index contributed by atoms with van der Waals surface area (Å²) in [6, 6.07) is 9.97. The number of benzene rings is 1. The number of likely N-dealkylation sites (N-methyl/N-ethyl adjacent to an activating group) is 1. The van der Waals surface area contributed by atoms with Crippen LogP contribution in [0, 0.1) is 0 Å². The van der Waals surface area contributed by atoms with Crippen LogP contribution in [-0.4, -0.2) is 59.8 Å². The number of hydrogen-bond acceptors (Lipinski definition) is 4. The molecule has 0 bridgehead atoms. The van der Waals surface area contributed by atoms with Crippen molar-refractivity contribution in [2.24, 2.45) is 0 Å². The Bertz CT molecular complexity index is 771. The predicted molar refractivity (Wildman–Crippen MR) is 97.0 cm³/mol. The molecule has 130 valence electrons. The molecule has 0 radical (unpaired) electrons. The zero-order valence-electron chi connectivity index (χ0n) is 13.9. The zero-order valence-corrected chi connectivity index (χ0v) is 14.7. The molecule has 7 heteroatoms. The average Bonchev–Trinajstić information content (AvgIpc) is 2.64. The lowest BCUT2D eigenvalue weighted by Gasteiger charge is -2.32. The molecule has 0 aliphatic carbocycles. The molecule has 1 fully saturated rings. The van der Waals surface area contributed by atoms with Gasteiger partial charge >= 0.3 is 0 Å². The Morgan fingerprint density at radius 3 is 2.44 bits per heavy atom. The van der Waals surface area contributed by atoms with Gasteiger partial charge < -0.3 is 15.1 Å². The Morgan fingerprint density at radius 1 is 1.08 bits per heavy atom. The number of hydrogen-bond donors (Lipinski definition) is 1. The molecule has 0 saturated carbocycles. The number of nitrogens with one attached hydrogen (secondary N) is 1. The maximum absolute atomic E-state index is 12.6. The van der Waals surface area contributed by atoms with Gasteiger partial charge in [0.1, 0.15) is 5.69 Å². The summed E-state index contributed by atoms with van der Waals surface area (Å²) in [6.07, 6.45) is 1.49. The van der Waals surface area contributed by atoms with Crippen LogP contribution in [0.3, 0.4) is 0 Å². The van der Waals surface area contributed by atoms with E-state index in [1.165, 1.54) is 12.3 Å². The van der Waals surface area contributed by atoms with Crippen molar-refractivity contribution in [1.82, 2.24) is 14.8 Å². The first-order valence-electron chi connectivity index (χ1n) is 8.04. The monoisotopic (exact) mass is 358 g/mol. The average molecular weight is 359 g/mol. The van der Waals surface area contributed by atoms with Crippen LogP contribution in [0.15, 0.2) is 42.6 Å². The van der Waals surface area contributed by atoms with Gasteiger partial charge in [0.2, 0.25) is 0 Å².